The number of amides is 1. The van der Waals surface area contributed by atoms with E-state index in [0.717, 1.165) is 31.4 Å². The molecule has 1 aromatic heterocycles. The average Bonchev–Trinajstić information content (AvgIpc) is 2.79. The minimum atomic E-state index is -0.456. The molecule has 0 radical (unpaired) electrons. The van der Waals surface area contributed by atoms with Crippen molar-refractivity contribution in [1.82, 2.24) is 15.1 Å². The number of hydrogen-bond donors (Lipinski definition) is 3. The molecule has 1 heterocycles. The zero-order chi connectivity index (χ0) is 14.9. The molecule has 112 valence electrons. The van der Waals surface area contributed by atoms with Gasteiger partial charge in [-0.25, -0.2) is 0 Å². The van der Waals surface area contributed by atoms with Crippen molar-refractivity contribution < 1.29 is 9.90 Å². The Morgan fingerprint density at radius 2 is 2.10 bits per heavy atom. The molecule has 2 atom stereocenters. The topological polar surface area (TPSA) is 95.2 Å². The van der Waals surface area contributed by atoms with Crippen LogP contribution in [0.25, 0.3) is 0 Å². The number of aromatic amines is 1. The van der Waals surface area contributed by atoms with E-state index >= 15 is 0 Å². The number of aliphatic hydroxyl groups is 1. The molecular weight excluding hydrogens is 256 g/mol. The van der Waals surface area contributed by atoms with Gasteiger partial charge in [-0.1, -0.05) is 26.7 Å². The molecule has 1 fully saturated rings. The molecule has 0 aromatic carbocycles. The number of aromatic nitrogens is 2. The number of carbonyl (C=O) groups is 1. The van der Waals surface area contributed by atoms with Crippen molar-refractivity contribution in [1.29, 1.82) is 0 Å². The van der Waals surface area contributed by atoms with Gasteiger partial charge in [-0.3, -0.25) is 9.89 Å². The minimum absolute atomic E-state index is 0.144. The van der Waals surface area contributed by atoms with Gasteiger partial charge in [0.05, 0.1) is 23.5 Å². The van der Waals surface area contributed by atoms with Crippen molar-refractivity contribution >= 4 is 11.6 Å². The van der Waals surface area contributed by atoms with E-state index in [1.54, 1.807) is 11.9 Å². The number of H-pyrrole nitrogens is 1. The average molecular weight is 280 g/mol. The summed E-state index contributed by atoms with van der Waals surface area (Å²) in [5.41, 5.74) is 7.46. The fourth-order valence-electron chi connectivity index (χ4n) is 2.83. The highest BCUT2D eigenvalue weighted by molar-refractivity contribution is 5.97. The van der Waals surface area contributed by atoms with Gasteiger partial charge in [-0.05, 0) is 18.8 Å². The monoisotopic (exact) mass is 280 g/mol. The van der Waals surface area contributed by atoms with E-state index in [4.69, 9.17) is 5.73 Å². The van der Waals surface area contributed by atoms with Crippen molar-refractivity contribution in [3.8, 4) is 0 Å². The predicted molar refractivity (Wildman–Crippen MR) is 77.4 cm³/mol. The van der Waals surface area contributed by atoms with Crippen LogP contribution in [0.3, 0.4) is 0 Å². The summed E-state index contributed by atoms with van der Waals surface area (Å²) in [6.45, 7) is 3.99. The molecule has 1 amide bonds. The lowest BCUT2D eigenvalue weighted by Gasteiger charge is -2.34. The van der Waals surface area contributed by atoms with Crippen LogP contribution in [-0.4, -0.2) is 45.3 Å². The Labute approximate surface area is 119 Å². The maximum Gasteiger partial charge on any atom is 0.276 e. The smallest absolute Gasteiger partial charge is 0.276 e. The van der Waals surface area contributed by atoms with E-state index in [-0.39, 0.29) is 23.6 Å². The van der Waals surface area contributed by atoms with Crippen molar-refractivity contribution in [3.05, 3.63) is 11.4 Å². The van der Waals surface area contributed by atoms with Crippen LogP contribution in [0.15, 0.2) is 0 Å². The minimum Gasteiger partial charge on any atom is -0.395 e. The molecule has 1 aliphatic rings. The second-order valence-corrected chi connectivity index (χ2v) is 5.89. The van der Waals surface area contributed by atoms with Crippen molar-refractivity contribution in [2.45, 2.75) is 57.6 Å². The van der Waals surface area contributed by atoms with E-state index in [1.807, 2.05) is 13.8 Å². The van der Waals surface area contributed by atoms with Crippen LogP contribution in [0.5, 0.6) is 0 Å². The van der Waals surface area contributed by atoms with Gasteiger partial charge in [0.15, 0.2) is 5.69 Å². The van der Waals surface area contributed by atoms with Gasteiger partial charge in [0.25, 0.3) is 5.91 Å². The van der Waals surface area contributed by atoms with E-state index in [2.05, 4.69) is 10.2 Å². The molecule has 4 N–H and O–H groups in total. The Bertz CT molecular complexity index is 484. The molecule has 0 saturated heterocycles. The Balaban J connectivity index is 2.18. The summed E-state index contributed by atoms with van der Waals surface area (Å²) in [7, 11) is 1.71. The van der Waals surface area contributed by atoms with Crippen molar-refractivity contribution in [2.75, 3.05) is 12.8 Å². The molecule has 0 spiro atoms. The molecule has 1 saturated carbocycles. The maximum absolute atomic E-state index is 12.5. The van der Waals surface area contributed by atoms with Crippen LogP contribution in [0, 0.1) is 0 Å². The summed E-state index contributed by atoms with van der Waals surface area (Å²) < 4.78 is 0. The van der Waals surface area contributed by atoms with E-state index < -0.39 is 6.10 Å². The highest BCUT2D eigenvalue weighted by Gasteiger charge is 2.32. The lowest BCUT2D eigenvalue weighted by atomic mass is 9.91. The third-order valence-electron chi connectivity index (χ3n) is 4.13. The largest absolute Gasteiger partial charge is 0.395 e. The molecular formula is C14H24N4O2. The summed E-state index contributed by atoms with van der Waals surface area (Å²) in [6.07, 6.45) is 3.16. The first-order valence-corrected chi connectivity index (χ1v) is 7.22. The van der Waals surface area contributed by atoms with Crippen LogP contribution >= 0.6 is 0 Å². The number of nitrogen functional groups attached to an aromatic ring is 1. The number of nitrogens with zero attached hydrogens (tertiary/aromatic N) is 2. The van der Waals surface area contributed by atoms with Crippen LogP contribution in [0.2, 0.25) is 0 Å². The summed E-state index contributed by atoms with van der Waals surface area (Å²) in [5, 5.41) is 16.9. The molecule has 0 aliphatic heterocycles. The fraction of sp³-hybridized carbons (Fsp3) is 0.714. The van der Waals surface area contributed by atoms with E-state index in [1.165, 1.54) is 0 Å². The first-order chi connectivity index (χ1) is 9.43. The number of nitrogens with two attached hydrogens (primary N) is 1. The second-order valence-electron chi connectivity index (χ2n) is 5.89. The summed E-state index contributed by atoms with van der Waals surface area (Å²) in [5.74, 6) is -0.0359. The highest BCUT2D eigenvalue weighted by Crippen LogP contribution is 2.26. The molecule has 2 unspecified atom stereocenters. The Kier molecular flexibility index (Phi) is 4.32. The molecule has 1 aliphatic carbocycles. The predicted octanol–water partition coefficient (Wildman–Crippen LogP) is 1.49. The molecule has 0 bridgehead atoms. The van der Waals surface area contributed by atoms with Crippen LogP contribution in [-0.2, 0) is 0 Å². The molecule has 6 heteroatoms. The Morgan fingerprint density at radius 1 is 1.45 bits per heavy atom. The highest BCUT2D eigenvalue weighted by atomic mass is 16.3. The van der Waals surface area contributed by atoms with Gasteiger partial charge in [-0.15, -0.1) is 0 Å². The zero-order valence-electron chi connectivity index (χ0n) is 12.4. The fourth-order valence-corrected chi connectivity index (χ4v) is 2.83. The van der Waals surface area contributed by atoms with Crippen molar-refractivity contribution in [3.63, 3.8) is 0 Å². The zero-order valence-corrected chi connectivity index (χ0v) is 12.4. The summed E-state index contributed by atoms with van der Waals surface area (Å²) >= 11 is 0. The van der Waals surface area contributed by atoms with Gasteiger partial charge in [0.2, 0.25) is 0 Å². The van der Waals surface area contributed by atoms with Gasteiger partial charge < -0.3 is 15.7 Å². The molecule has 2 rings (SSSR count). The molecule has 20 heavy (non-hydrogen) atoms. The van der Waals surface area contributed by atoms with Gasteiger partial charge in [0.1, 0.15) is 0 Å². The Morgan fingerprint density at radius 3 is 2.65 bits per heavy atom. The van der Waals surface area contributed by atoms with Gasteiger partial charge >= 0.3 is 0 Å². The number of carbonyl (C=O) groups excluding carboxylic acids is 1. The Hall–Kier alpha value is -1.56. The van der Waals surface area contributed by atoms with Gasteiger partial charge in [0, 0.05) is 7.05 Å². The number of hydrogen-bond acceptors (Lipinski definition) is 4. The van der Waals surface area contributed by atoms with Crippen molar-refractivity contribution in [2.24, 2.45) is 0 Å². The van der Waals surface area contributed by atoms with Crippen LogP contribution in [0.1, 0.15) is 61.6 Å². The number of nitrogens with one attached hydrogen (secondary N) is 1. The number of likely N-dealkylation sites (N-methyl/N-ethyl adjacent to an activating group) is 1. The van der Waals surface area contributed by atoms with E-state index in [9.17, 15) is 9.90 Å². The first-order valence-electron chi connectivity index (χ1n) is 7.22. The molecule has 1 aromatic rings. The number of aliphatic hydroxyl groups excluding tert-OH is 1. The van der Waals surface area contributed by atoms with Crippen LogP contribution in [0.4, 0.5) is 5.69 Å². The maximum atomic E-state index is 12.5. The lowest BCUT2D eigenvalue weighted by Crippen LogP contribution is -2.46. The van der Waals surface area contributed by atoms with Crippen LogP contribution < -0.4 is 5.73 Å². The van der Waals surface area contributed by atoms with Gasteiger partial charge in [-0.2, -0.15) is 5.10 Å². The quantitative estimate of drug-likeness (QED) is 0.781. The summed E-state index contributed by atoms with van der Waals surface area (Å²) in [6, 6.07) is -0.144. The standard InChI is InChI=1S/C14H24N4O2/c1-8(2)12-11(15)13(17-16-12)14(20)18(3)9-6-4-5-7-10(9)19/h8-10,19H,4-7,15H2,1-3H3,(H,16,17). The SMILES string of the molecule is CC(C)c1[nH]nc(C(=O)N(C)C2CCCCC2O)c1N. The first kappa shape index (κ1) is 14.8. The number of rotatable bonds is 3. The third kappa shape index (κ3) is 2.65. The second kappa shape index (κ2) is 5.83. The molecule has 6 nitrogen and oxygen atoms in total. The lowest BCUT2D eigenvalue weighted by molar-refractivity contribution is 0.0265. The third-order valence-corrected chi connectivity index (χ3v) is 4.13. The van der Waals surface area contributed by atoms with E-state index in [0.29, 0.717) is 5.69 Å². The normalized spacial score (nSPS) is 23.1. The number of anilines is 1. The summed E-state index contributed by atoms with van der Waals surface area (Å²) in [4.78, 5) is 14.1.